The Hall–Kier alpha value is -0.460. The van der Waals surface area contributed by atoms with Crippen molar-refractivity contribution in [2.24, 2.45) is 5.92 Å². The lowest BCUT2D eigenvalue weighted by Crippen LogP contribution is -2.09. The minimum absolute atomic E-state index is 0.657. The first-order valence-corrected chi connectivity index (χ1v) is 3.59. The topological polar surface area (TPSA) is 12.0 Å². The van der Waals surface area contributed by atoms with E-state index in [9.17, 15) is 0 Å². The second-order valence-corrected chi connectivity index (χ2v) is 2.62. The molecule has 0 spiro atoms. The molecule has 0 aromatic carbocycles. The van der Waals surface area contributed by atoms with Crippen LogP contribution in [0.15, 0.2) is 11.8 Å². The van der Waals surface area contributed by atoms with Gasteiger partial charge in [-0.2, -0.15) is 0 Å². The molecule has 0 heterocycles. The monoisotopic (exact) mass is 127 g/mol. The molecule has 9 heavy (non-hydrogen) atoms. The van der Waals surface area contributed by atoms with Gasteiger partial charge in [0, 0.05) is 12.2 Å². The Morgan fingerprint density at radius 2 is 2.11 bits per heavy atom. The fourth-order valence-corrected chi connectivity index (χ4v) is 0.838. The van der Waals surface area contributed by atoms with E-state index in [1.165, 1.54) is 5.70 Å². The van der Waals surface area contributed by atoms with Crippen LogP contribution in [-0.4, -0.2) is 6.54 Å². The van der Waals surface area contributed by atoms with Crippen LogP contribution in [0.25, 0.3) is 0 Å². The third kappa shape index (κ3) is 5.41. The van der Waals surface area contributed by atoms with E-state index in [0.717, 1.165) is 6.54 Å². The molecular weight excluding hydrogens is 110 g/mol. The molecule has 0 saturated carbocycles. The van der Waals surface area contributed by atoms with Crippen molar-refractivity contribution >= 4 is 0 Å². The summed E-state index contributed by atoms with van der Waals surface area (Å²) in [6, 6.07) is 0. The molecule has 0 aromatic heterocycles. The van der Waals surface area contributed by atoms with Crippen molar-refractivity contribution < 1.29 is 0 Å². The van der Waals surface area contributed by atoms with E-state index in [-0.39, 0.29) is 0 Å². The van der Waals surface area contributed by atoms with Crippen molar-refractivity contribution in [2.75, 3.05) is 6.54 Å². The van der Waals surface area contributed by atoms with Crippen LogP contribution in [0.2, 0.25) is 0 Å². The highest BCUT2D eigenvalue weighted by Crippen LogP contribution is 1.97. The van der Waals surface area contributed by atoms with E-state index in [4.69, 9.17) is 0 Å². The third-order valence-corrected chi connectivity index (χ3v) is 1.04. The summed E-state index contributed by atoms with van der Waals surface area (Å²) in [4.78, 5) is 0. The first-order chi connectivity index (χ1) is 4.16. The summed E-state index contributed by atoms with van der Waals surface area (Å²) in [5.74, 6) is 0.657. The highest BCUT2D eigenvalue weighted by atomic mass is 14.9. The summed E-state index contributed by atoms with van der Waals surface area (Å²) in [7, 11) is 0. The zero-order chi connectivity index (χ0) is 7.28. The average molecular weight is 127 g/mol. The Kier molecular flexibility index (Phi) is 4.20. The Morgan fingerprint density at radius 3 is 2.44 bits per heavy atom. The molecule has 0 aliphatic heterocycles. The van der Waals surface area contributed by atoms with Crippen molar-refractivity contribution in [3.63, 3.8) is 0 Å². The number of allylic oxidation sites excluding steroid dienone is 2. The largest absolute Gasteiger partial charge is 0.389 e. The van der Waals surface area contributed by atoms with Gasteiger partial charge in [-0.1, -0.05) is 19.9 Å². The van der Waals surface area contributed by atoms with Crippen LogP contribution < -0.4 is 5.32 Å². The normalized spacial score (nSPS) is 12.3. The maximum absolute atomic E-state index is 3.24. The van der Waals surface area contributed by atoms with Gasteiger partial charge in [-0.05, 0) is 19.8 Å². The highest BCUT2D eigenvalue weighted by molar-refractivity contribution is 4.96. The van der Waals surface area contributed by atoms with Crippen molar-refractivity contribution in [3.8, 4) is 0 Å². The minimum Gasteiger partial charge on any atom is -0.389 e. The van der Waals surface area contributed by atoms with Crippen molar-refractivity contribution in [2.45, 2.75) is 27.7 Å². The standard InChI is InChI=1S/C8H17N/c1-5-9-8(4)6-7(2)3/h6-7,9H,5H2,1-4H3. The van der Waals surface area contributed by atoms with Crippen molar-refractivity contribution in [1.82, 2.24) is 5.32 Å². The van der Waals surface area contributed by atoms with Crippen LogP contribution in [0, 0.1) is 5.92 Å². The molecule has 0 amide bonds. The summed E-state index contributed by atoms with van der Waals surface area (Å²) < 4.78 is 0. The summed E-state index contributed by atoms with van der Waals surface area (Å²) in [5.41, 5.74) is 1.28. The van der Waals surface area contributed by atoms with E-state index >= 15 is 0 Å². The minimum atomic E-state index is 0.657. The van der Waals surface area contributed by atoms with E-state index in [0.29, 0.717) is 5.92 Å². The van der Waals surface area contributed by atoms with Gasteiger partial charge in [0.1, 0.15) is 0 Å². The lowest BCUT2D eigenvalue weighted by Gasteiger charge is -2.03. The quantitative estimate of drug-likeness (QED) is 0.612. The Labute approximate surface area is 58.2 Å². The summed E-state index contributed by atoms with van der Waals surface area (Å²) in [5, 5.41) is 3.24. The highest BCUT2D eigenvalue weighted by Gasteiger charge is 1.87. The molecular formula is C8H17N. The lowest BCUT2D eigenvalue weighted by atomic mass is 10.2. The predicted octanol–water partition coefficient (Wildman–Crippen LogP) is 2.16. The SMILES string of the molecule is CCNC(C)=CC(C)C. The molecule has 0 fully saturated rings. The van der Waals surface area contributed by atoms with Gasteiger partial charge in [-0.3, -0.25) is 0 Å². The van der Waals surface area contributed by atoms with Gasteiger partial charge in [0.15, 0.2) is 0 Å². The zero-order valence-electron chi connectivity index (χ0n) is 6.86. The number of rotatable bonds is 3. The van der Waals surface area contributed by atoms with Crippen LogP contribution in [0.3, 0.4) is 0 Å². The average Bonchev–Trinajstić information content (AvgIpc) is 1.63. The van der Waals surface area contributed by atoms with E-state index in [1.54, 1.807) is 0 Å². The van der Waals surface area contributed by atoms with E-state index in [2.05, 4.69) is 39.1 Å². The van der Waals surface area contributed by atoms with E-state index in [1.807, 2.05) is 0 Å². The summed E-state index contributed by atoms with van der Waals surface area (Å²) in [6.45, 7) is 9.60. The van der Waals surface area contributed by atoms with Crippen LogP contribution in [0.1, 0.15) is 27.7 Å². The van der Waals surface area contributed by atoms with Crippen LogP contribution in [-0.2, 0) is 0 Å². The molecule has 0 aliphatic rings. The van der Waals surface area contributed by atoms with Crippen molar-refractivity contribution in [1.29, 1.82) is 0 Å². The van der Waals surface area contributed by atoms with Gasteiger partial charge in [-0.25, -0.2) is 0 Å². The number of nitrogens with one attached hydrogen (secondary N) is 1. The maximum Gasteiger partial charge on any atom is 0.0115 e. The van der Waals surface area contributed by atoms with Gasteiger partial charge < -0.3 is 5.32 Å². The summed E-state index contributed by atoms with van der Waals surface area (Å²) in [6.07, 6.45) is 2.23. The Morgan fingerprint density at radius 1 is 1.56 bits per heavy atom. The van der Waals surface area contributed by atoms with Gasteiger partial charge in [0.2, 0.25) is 0 Å². The molecule has 0 saturated heterocycles. The van der Waals surface area contributed by atoms with Gasteiger partial charge in [0.25, 0.3) is 0 Å². The molecule has 0 aromatic rings. The van der Waals surface area contributed by atoms with Gasteiger partial charge in [0.05, 0.1) is 0 Å². The Bertz CT molecular complexity index is 92.7. The van der Waals surface area contributed by atoms with Crippen LogP contribution in [0.4, 0.5) is 0 Å². The Balaban J connectivity index is 3.55. The first-order valence-electron chi connectivity index (χ1n) is 3.59. The second kappa shape index (κ2) is 4.42. The molecule has 1 N–H and O–H groups in total. The molecule has 1 heteroatoms. The molecule has 1 nitrogen and oxygen atoms in total. The lowest BCUT2D eigenvalue weighted by molar-refractivity contribution is 0.778. The predicted molar refractivity (Wildman–Crippen MR) is 42.3 cm³/mol. The fourth-order valence-electron chi connectivity index (χ4n) is 0.838. The van der Waals surface area contributed by atoms with Gasteiger partial charge in [-0.15, -0.1) is 0 Å². The molecule has 54 valence electrons. The van der Waals surface area contributed by atoms with Crippen molar-refractivity contribution in [3.05, 3.63) is 11.8 Å². The first kappa shape index (κ1) is 8.54. The molecule has 0 radical (unpaired) electrons. The number of hydrogen-bond acceptors (Lipinski definition) is 1. The molecule has 0 atom stereocenters. The zero-order valence-corrected chi connectivity index (χ0v) is 6.86. The van der Waals surface area contributed by atoms with E-state index < -0.39 is 0 Å². The second-order valence-electron chi connectivity index (χ2n) is 2.62. The van der Waals surface area contributed by atoms with Crippen LogP contribution >= 0.6 is 0 Å². The smallest absolute Gasteiger partial charge is 0.0115 e. The van der Waals surface area contributed by atoms with Gasteiger partial charge >= 0.3 is 0 Å². The molecule has 0 bridgehead atoms. The maximum atomic E-state index is 3.24. The summed E-state index contributed by atoms with van der Waals surface area (Å²) >= 11 is 0. The third-order valence-electron chi connectivity index (χ3n) is 1.04. The fraction of sp³-hybridized carbons (Fsp3) is 0.750. The van der Waals surface area contributed by atoms with Crippen LogP contribution in [0.5, 0.6) is 0 Å². The molecule has 0 unspecified atom stereocenters. The molecule has 0 aliphatic carbocycles. The molecule has 0 rings (SSSR count). The number of hydrogen-bond donors (Lipinski definition) is 1.